The number of likely N-dealkylation sites (tertiary alicyclic amines) is 1. The first-order valence-corrected chi connectivity index (χ1v) is 6.95. The Morgan fingerprint density at radius 1 is 1.50 bits per heavy atom. The summed E-state index contributed by atoms with van der Waals surface area (Å²) in [5.41, 5.74) is 6.05. The van der Waals surface area contributed by atoms with Crippen LogP contribution in [0.5, 0.6) is 0 Å². The molecule has 3 heteroatoms. The van der Waals surface area contributed by atoms with E-state index in [2.05, 4.69) is 18.7 Å². The van der Waals surface area contributed by atoms with Gasteiger partial charge in [0, 0.05) is 12.6 Å². The van der Waals surface area contributed by atoms with Gasteiger partial charge in [-0.05, 0) is 43.4 Å². The Balaban J connectivity index is 2.07. The summed E-state index contributed by atoms with van der Waals surface area (Å²) in [6, 6.07) is 0.405. The van der Waals surface area contributed by atoms with Crippen molar-refractivity contribution in [3.8, 4) is 0 Å². The largest absolute Gasteiger partial charge is 0.326 e. The van der Waals surface area contributed by atoms with E-state index in [1.807, 2.05) is 11.8 Å². The Hall–Kier alpha value is 0.270. The zero-order valence-corrected chi connectivity index (χ0v) is 10.4. The van der Waals surface area contributed by atoms with Crippen molar-refractivity contribution >= 4 is 11.8 Å². The first-order chi connectivity index (χ1) is 6.74. The van der Waals surface area contributed by atoms with Crippen molar-refractivity contribution in [2.75, 3.05) is 31.1 Å². The first kappa shape index (κ1) is 12.3. The maximum absolute atomic E-state index is 6.05. The van der Waals surface area contributed by atoms with E-state index in [1.165, 1.54) is 37.4 Å². The Morgan fingerprint density at radius 2 is 2.29 bits per heavy atom. The second kappa shape index (κ2) is 6.70. The standard InChI is InChI=1S/C11H24N2S/c1-3-14-8-4-6-13-7-5-10(2)11(12)9-13/h10-11H,3-9,12H2,1-2H3. The van der Waals surface area contributed by atoms with Gasteiger partial charge in [-0.2, -0.15) is 11.8 Å². The predicted molar refractivity (Wildman–Crippen MR) is 65.8 cm³/mol. The van der Waals surface area contributed by atoms with Crippen molar-refractivity contribution in [1.29, 1.82) is 0 Å². The molecule has 0 aliphatic carbocycles. The van der Waals surface area contributed by atoms with Crippen LogP contribution in [0.1, 0.15) is 26.7 Å². The molecule has 0 radical (unpaired) electrons. The Labute approximate surface area is 92.6 Å². The third-order valence-corrected chi connectivity index (χ3v) is 4.05. The molecule has 0 amide bonds. The van der Waals surface area contributed by atoms with Crippen LogP contribution in [0.3, 0.4) is 0 Å². The highest BCUT2D eigenvalue weighted by atomic mass is 32.2. The van der Waals surface area contributed by atoms with Crippen molar-refractivity contribution < 1.29 is 0 Å². The van der Waals surface area contributed by atoms with Crippen molar-refractivity contribution in [1.82, 2.24) is 4.90 Å². The van der Waals surface area contributed by atoms with Gasteiger partial charge in [-0.15, -0.1) is 0 Å². The van der Waals surface area contributed by atoms with E-state index < -0.39 is 0 Å². The highest BCUT2D eigenvalue weighted by molar-refractivity contribution is 7.99. The molecule has 1 heterocycles. The normalized spacial score (nSPS) is 29.4. The van der Waals surface area contributed by atoms with Gasteiger partial charge < -0.3 is 10.6 Å². The molecule has 2 atom stereocenters. The monoisotopic (exact) mass is 216 g/mol. The van der Waals surface area contributed by atoms with E-state index in [-0.39, 0.29) is 0 Å². The summed E-state index contributed by atoms with van der Waals surface area (Å²) in [5, 5.41) is 0. The lowest BCUT2D eigenvalue weighted by molar-refractivity contribution is 0.170. The SMILES string of the molecule is CCSCCCN1CCC(C)C(N)C1. The molecule has 0 aromatic rings. The lowest BCUT2D eigenvalue weighted by atomic mass is 9.94. The van der Waals surface area contributed by atoms with Crippen LogP contribution in [-0.4, -0.2) is 42.1 Å². The fraction of sp³-hybridized carbons (Fsp3) is 1.00. The molecular formula is C11H24N2S. The summed E-state index contributed by atoms with van der Waals surface area (Å²) in [7, 11) is 0. The molecule has 2 N–H and O–H groups in total. The van der Waals surface area contributed by atoms with Crippen molar-refractivity contribution in [2.24, 2.45) is 11.7 Å². The highest BCUT2D eigenvalue weighted by Crippen LogP contribution is 2.15. The number of hydrogen-bond donors (Lipinski definition) is 1. The lowest BCUT2D eigenvalue weighted by Gasteiger charge is -2.34. The third-order valence-electron chi connectivity index (χ3n) is 3.07. The minimum absolute atomic E-state index is 0.405. The number of thioether (sulfide) groups is 1. The summed E-state index contributed by atoms with van der Waals surface area (Å²) in [5.74, 6) is 3.27. The molecular weight excluding hydrogens is 192 g/mol. The van der Waals surface area contributed by atoms with Crippen LogP contribution in [0.2, 0.25) is 0 Å². The average molecular weight is 216 g/mol. The van der Waals surface area contributed by atoms with Crippen molar-refractivity contribution in [2.45, 2.75) is 32.7 Å². The zero-order chi connectivity index (χ0) is 10.4. The van der Waals surface area contributed by atoms with E-state index in [1.54, 1.807) is 0 Å². The van der Waals surface area contributed by atoms with Gasteiger partial charge in [0.2, 0.25) is 0 Å². The van der Waals surface area contributed by atoms with E-state index >= 15 is 0 Å². The molecule has 1 fully saturated rings. The van der Waals surface area contributed by atoms with Gasteiger partial charge in [0.1, 0.15) is 0 Å². The van der Waals surface area contributed by atoms with Crippen LogP contribution < -0.4 is 5.73 Å². The molecule has 0 saturated carbocycles. The molecule has 1 aliphatic heterocycles. The smallest absolute Gasteiger partial charge is 0.0194 e. The number of rotatable bonds is 5. The van der Waals surface area contributed by atoms with E-state index in [0.29, 0.717) is 6.04 Å². The van der Waals surface area contributed by atoms with Crippen LogP contribution in [0, 0.1) is 5.92 Å². The first-order valence-electron chi connectivity index (χ1n) is 5.79. The van der Waals surface area contributed by atoms with Gasteiger partial charge in [0.15, 0.2) is 0 Å². The quantitative estimate of drug-likeness (QED) is 0.711. The number of hydrogen-bond acceptors (Lipinski definition) is 3. The molecule has 14 heavy (non-hydrogen) atoms. The van der Waals surface area contributed by atoms with Crippen LogP contribution in [-0.2, 0) is 0 Å². The van der Waals surface area contributed by atoms with Crippen LogP contribution in [0.15, 0.2) is 0 Å². The van der Waals surface area contributed by atoms with Gasteiger partial charge >= 0.3 is 0 Å². The topological polar surface area (TPSA) is 29.3 Å². The maximum atomic E-state index is 6.05. The summed E-state index contributed by atoms with van der Waals surface area (Å²) in [6.07, 6.45) is 2.60. The molecule has 1 saturated heterocycles. The molecule has 0 aromatic heterocycles. The molecule has 0 bridgehead atoms. The average Bonchev–Trinajstić information content (AvgIpc) is 2.18. The minimum Gasteiger partial charge on any atom is -0.326 e. The molecule has 0 aromatic carbocycles. The molecule has 1 rings (SSSR count). The highest BCUT2D eigenvalue weighted by Gasteiger charge is 2.22. The Morgan fingerprint density at radius 3 is 2.93 bits per heavy atom. The van der Waals surface area contributed by atoms with Crippen molar-refractivity contribution in [3.63, 3.8) is 0 Å². The summed E-state index contributed by atoms with van der Waals surface area (Å²) >= 11 is 2.04. The third kappa shape index (κ3) is 4.20. The van der Waals surface area contributed by atoms with Gasteiger partial charge in [-0.25, -0.2) is 0 Å². The minimum atomic E-state index is 0.405. The van der Waals surface area contributed by atoms with E-state index in [4.69, 9.17) is 5.73 Å². The number of nitrogens with zero attached hydrogens (tertiary/aromatic N) is 1. The van der Waals surface area contributed by atoms with Crippen molar-refractivity contribution in [3.05, 3.63) is 0 Å². The maximum Gasteiger partial charge on any atom is 0.0194 e. The lowest BCUT2D eigenvalue weighted by Crippen LogP contribution is -2.47. The fourth-order valence-corrected chi connectivity index (χ4v) is 2.53. The second-order valence-electron chi connectivity index (χ2n) is 4.28. The van der Waals surface area contributed by atoms with Crippen LogP contribution in [0.4, 0.5) is 0 Å². The molecule has 1 aliphatic rings. The predicted octanol–water partition coefficient (Wildman–Crippen LogP) is 1.80. The van der Waals surface area contributed by atoms with E-state index in [0.717, 1.165) is 12.5 Å². The van der Waals surface area contributed by atoms with Crippen LogP contribution >= 0.6 is 11.8 Å². The Bertz CT molecular complexity index is 152. The number of piperidine rings is 1. The molecule has 84 valence electrons. The second-order valence-corrected chi connectivity index (χ2v) is 5.67. The van der Waals surface area contributed by atoms with E-state index in [9.17, 15) is 0 Å². The van der Waals surface area contributed by atoms with Gasteiger partial charge in [0.05, 0.1) is 0 Å². The molecule has 2 nitrogen and oxygen atoms in total. The molecule has 2 unspecified atom stereocenters. The van der Waals surface area contributed by atoms with Gasteiger partial charge in [-0.3, -0.25) is 0 Å². The van der Waals surface area contributed by atoms with Gasteiger partial charge in [0.25, 0.3) is 0 Å². The number of nitrogens with two attached hydrogens (primary N) is 1. The van der Waals surface area contributed by atoms with Gasteiger partial charge in [-0.1, -0.05) is 13.8 Å². The summed E-state index contributed by atoms with van der Waals surface area (Å²) in [4.78, 5) is 2.53. The van der Waals surface area contributed by atoms with Crippen LogP contribution in [0.25, 0.3) is 0 Å². The summed E-state index contributed by atoms with van der Waals surface area (Å²) in [6.45, 7) is 8.11. The zero-order valence-electron chi connectivity index (χ0n) is 9.54. The Kier molecular flexibility index (Phi) is 5.90. The molecule has 0 spiro atoms. The summed E-state index contributed by atoms with van der Waals surface area (Å²) < 4.78 is 0. The fourth-order valence-electron chi connectivity index (χ4n) is 1.91.